The Kier molecular flexibility index (Phi) is 4.76. The molecule has 50 heavy (non-hydrogen) atoms. The number of benzene rings is 9. The molecule has 11 rings (SSSR count). The largest absolute Gasteiger partial charge is 0.309 e. The zero-order valence-electron chi connectivity index (χ0n) is 31.8. The lowest BCUT2D eigenvalue weighted by Gasteiger charge is -2.14. The molecule has 0 aliphatic rings. The molecular weight excluding hydrogens is 605 g/mol. The Morgan fingerprint density at radius 3 is 1.24 bits per heavy atom. The maximum Gasteiger partial charge on any atom is 0.0645 e. The summed E-state index contributed by atoms with van der Waals surface area (Å²) >= 11 is 0. The molecular formula is C48H30N2. The molecule has 2 heterocycles. The van der Waals surface area contributed by atoms with Crippen LogP contribution in [0.2, 0.25) is 0 Å². The molecule has 0 unspecified atom stereocenters. The van der Waals surface area contributed by atoms with Gasteiger partial charge in [-0.1, -0.05) is 133 Å². The van der Waals surface area contributed by atoms with E-state index < -0.39 is 6.04 Å². The smallest absolute Gasteiger partial charge is 0.0645 e. The molecule has 2 nitrogen and oxygen atoms in total. The van der Waals surface area contributed by atoms with E-state index in [2.05, 4.69) is 132 Å². The van der Waals surface area contributed by atoms with Gasteiger partial charge in [-0.3, -0.25) is 0 Å². The fraction of sp³-hybridized carbons (Fsp3) is 0. The van der Waals surface area contributed by atoms with Crippen molar-refractivity contribution < 1.29 is 6.85 Å². The molecule has 2 aromatic heterocycles. The molecule has 0 fully saturated rings. The highest BCUT2D eigenvalue weighted by atomic mass is 15.0. The van der Waals surface area contributed by atoms with Gasteiger partial charge in [-0.15, -0.1) is 0 Å². The maximum atomic E-state index is 8.87. The summed E-state index contributed by atoms with van der Waals surface area (Å²) in [5.41, 5.74) is 6.93. The first-order valence-electron chi connectivity index (χ1n) is 19.4. The first-order valence-corrected chi connectivity index (χ1v) is 16.9. The van der Waals surface area contributed by atoms with E-state index in [9.17, 15) is 0 Å². The molecule has 232 valence electrons. The molecule has 0 aliphatic heterocycles. The van der Waals surface area contributed by atoms with E-state index in [1.807, 2.05) is 28.8 Å². The van der Waals surface area contributed by atoms with Crippen molar-refractivity contribution in [3.8, 4) is 22.5 Å². The van der Waals surface area contributed by atoms with Crippen molar-refractivity contribution in [1.82, 2.24) is 9.13 Å². The zero-order chi connectivity index (χ0) is 37.1. The van der Waals surface area contributed by atoms with Gasteiger partial charge in [0.25, 0.3) is 0 Å². The highest BCUT2D eigenvalue weighted by Crippen LogP contribution is 2.40. The van der Waals surface area contributed by atoms with Crippen molar-refractivity contribution in [2.45, 2.75) is 0 Å². The van der Waals surface area contributed by atoms with Gasteiger partial charge in [-0.25, -0.2) is 0 Å². The van der Waals surface area contributed by atoms with Crippen LogP contribution < -0.4 is 0 Å². The van der Waals surface area contributed by atoms with E-state index in [4.69, 9.17) is 6.85 Å². The number of hydrogen-bond donors (Lipinski definition) is 0. The lowest BCUT2D eigenvalue weighted by Crippen LogP contribution is -1.95. The average molecular weight is 640 g/mol. The summed E-state index contributed by atoms with van der Waals surface area (Å²) in [6.07, 6.45) is 0. The first-order chi connectivity index (χ1) is 26.9. The maximum absolute atomic E-state index is 8.87. The van der Waals surface area contributed by atoms with Crippen molar-refractivity contribution in [1.29, 1.82) is 0 Å². The van der Waals surface area contributed by atoms with Crippen molar-refractivity contribution in [2.24, 2.45) is 0 Å². The molecule has 0 atom stereocenters. The fourth-order valence-corrected chi connectivity index (χ4v) is 8.21. The number of rotatable bonds is 3. The van der Waals surface area contributed by atoms with Crippen LogP contribution in [0, 0.1) is 0 Å². The van der Waals surface area contributed by atoms with Crippen LogP contribution in [-0.2, 0) is 0 Å². The van der Waals surface area contributed by atoms with Crippen molar-refractivity contribution >= 4 is 75.9 Å². The SMILES string of the molecule is [2H]c1c([2H])c([2H])c(-n2c3ccccc3c3ccc(-c4ccc5c6ccccc6n(-c6ccc7c8ccccc8c8ccccc8c7c6)c5c4)cc32)c([2H])c1[2H]. The van der Waals surface area contributed by atoms with Gasteiger partial charge in [0.1, 0.15) is 0 Å². The molecule has 0 amide bonds. The lowest BCUT2D eigenvalue weighted by molar-refractivity contribution is 1.18. The third kappa shape index (κ3) is 3.85. The van der Waals surface area contributed by atoms with E-state index in [1.165, 1.54) is 37.7 Å². The Morgan fingerprint density at radius 1 is 0.300 bits per heavy atom. The third-order valence-corrected chi connectivity index (χ3v) is 10.4. The summed E-state index contributed by atoms with van der Waals surface area (Å²) < 4.78 is 47.0. The molecule has 0 bridgehead atoms. The van der Waals surface area contributed by atoms with E-state index in [0.717, 1.165) is 55.0 Å². The number of nitrogens with zero attached hydrogens (tertiary/aromatic N) is 2. The van der Waals surface area contributed by atoms with Gasteiger partial charge in [0, 0.05) is 32.9 Å². The minimum absolute atomic E-state index is 0.140. The summed E-state index contributed by atoms with van der Waals surface area (Å²) in [5.74, 6) is 0. The third-order valence-electron chi connectivity index (χ3n) is 10.4. The Bertz CT molecular complexity index is 3380. The topological polar surface area (TPSA) is 9.86 Å². The minimum atomic E-state index is -0.406. The predicted octanol–water partition coefficient (Wildman–Crippen LogP) is 13.0. The van der Waals surface area contributed by atoms with E-state index in [-0.39, 0.29) is 29.9 Å². The molecule has 2 heteroatoms. The van der Waals surface area contributed by atoms with Crippen LogP contribution >= 0.6 is 0 Å². The molecule has 9 aromatic carbocycles. The van der Waals surface area contributed by atoms with Crippen LogP contribution in [0.1, 0.15) is 6.85 Å². The molecule has 11 aromatic rings. The minimum Gasteiger partial charge on any atom is -0.309 e. The van der Waals surface area contributed by atoms with Gasteiger partial charge in [-0.05, 0) is 91.9 Å². The Labute approximate surface area is 295 Å². The van der Waals surface area contributed by atoms with Crippen LogP contribution in [0.5, 0.6) is 0 Å². The summed E-state index contributed by atoms with van der Waals surface area (Å²) in [4.78, 5) is 0. The van der Waals surface area contributed by atoms with E-state index in [0.29, 0.717) is 0 Å². The molecule has 0 aliphatic carbocycles. The standard InChI is InChI=1S/C48H30N2/c1-2-12-33(13-3-1)49-45-20-10-8-18-40(45)42-25-22-31(28-47(42)49)32-23-26-43-41-19-9-11-21-46(41)50(48(43)29-32)34-24-27-39-37-16-5-4-14-35(37)36-15-6-7-17-38(36)44(39)30-34/h1-30H/i1D,2D,3D,12D,13D. The highest BCUT2D eigenvalue weighted by molar-refractivity contribution is 6.25. The quantitative estimate of drug-likeness (QED) is 0.170. The second kappa shape index (κ2) is 10.4. The van der Waals surface area contributed by atoms with Crippen molar-refractivity contribution in [2.75, 3.05) is 0 Å². The van der Waals surface area contributed by atoms with Crippen LogP contribution in [0.4, 0.5) is 0 Å². The number of para-hydroxylation sites is 3. The normalized spacial score (nSPS) is 13.4. The van der Waals surface area contributed by atoms with Gasteiger partial charge in [0.15, 0.2) is 0 Å². The van der Waals surface area contributed by atoms with Crippen LogP contribution in [-0.4, -0.2) is 9.13 Å². The van der Waals surface area contributed by atoms with E-state index in [1.54, 1.807) is 0 Å². The Hall–Kier alpha value is -6.64. The zero-order valence-corrected chi connectivity index (χ0v) is 26.8. The van der Waals surface area contributed by atoms with E-state index >= 15 is 0 Å². The molecule has 0 spiro atoms. The number of hydrogen-bond acceptors (Lipinski definition) is 0. The molecule has 0 radical (unpaired) electrons. The second-order valence-corrected chi connectivity index (χ2v) is 13.0. The summed E-state index contributed by atoms with van der Waals surface area (Å²) in [6.45, 7) is 0. The molecule has 0 saturated heterocycles. The first kappa shape index (κ1) is 22.8. The fourth-order valence-electron chi connectivity index (χ4n) is 8.21. The van der Waals surface area contributed by atoms with Crippen molar-refractivity contribution in [3.05, 3.63) is 182 Å². The second-order valence-electron chi connectivity index (χ2n) is 13.0. The van der Waals surface area contributed by atoms with Crippen molar-refractivity contribution in [3.63, 3.8) is 0 Å². The van der Waals surface area contributed by atoms with Gasteiger partial charge in [-0.2, -0.15) is 0 Å². The summed E-state index contributed by atoms with van der Waals surface area (Å²) in [6, 6.07) is 51.8. The van der Waals surface area contributed by atoms with Gasteiger partial charge in [0.05, 0.1) is 28.9 Å². The Morgan fingerprint density at radius 2 is 0.700 bits per heavy atom. The Balaban J connectivity index is 1.17. The van der Waals surface area contributed by atoms with Crippen LogP contribution in [0.25, 0.3) is 98.4 Å². The summed E-state index contributed by atoms with van der Waals surface area (Å²) in [5, 5.41) is 11.6. The molecule has 0 N–H and O–H groups in total. The lowest BCUT2D eigenvalue weighted by atomic mass is 9.94. The highest BCUT2D eigenvalue weighted by Gasteiger charge is 2.17. The monoisotopic (exact) mass is 639 g/mol. The predicted molar refractivity (Wildman–Crippen MR) is 213 cm³/mol. The summed E-state index contributed by atoms with van der Waals surface area (Å²) in [7, 11) is 0. The van der Waals surface area contributed by atoms with Crippen LogP contribution in [0.15, 0.2) is 182 Å². The van der Waals surface area contributed by atoms with Gasteiger partial charge < -0.3 is 9.13 Å². The number of fused-ring (bicyclic) bond motifs is 12. The number of aromatic nitrogens is 2. The van der Waals surface area contributed by atoms with Gasteiger partial charge in [0.2, 0.25) is 0 Å². The molecule has 0 saturated carbocycles. The van der Waals surface area contributed by atoms with Crippen LogP contribution in [0.3, 0.4) is 0 Å². The average Bonchev–Trinajstić information content (AvgIpc) is 3.74. The van der Waals surface area contributed by atoms with Gasteiger partial charge >= 0.3 is 0 Å².